The highest BCUT2D eigenvalue weighted by molar-refractivity contribution is 7.78. The largest absolute Gasteiger partial charge is 1.00 e. The minimum atomic E-state index is -6.53. The van der Waals surface area contributed by atoms with E-state index in [1.165, 1.54) is 0 Å². The zero-order valence-corrected chi connectivity index (χ0v) is 9.58. The van der Waals surface area contributed by atoms with Gasteiger partial charge in [0.1, 0.15) is 0 Å². The van der Waals surface area contributed by atoms with Crippen LogP contribution >= 0.6 is 12.8 Å². The molecule has 0 atom stereocenters. The van der Waals surface area contributed by atoms with Crippen LogP contribution in [0, 0.1) is 0 Å². The van der Waals surface area contributed by atoms with Crippen molar-refractivity contribution in [1.82, 2.24) is 4.72 Å². The Bertz CT molecular complexity index is 323. The number of hydrogen-bond donors (Lipinski definition) is 1. The van der Waals surface area contributed by atoms with Gasteiger partial charge in [-0.25, -0.2) is 0 Å². The lowest BCUT2D eigenvalue weighted by molar-refractivity contribution is -0.289. The lowest BCUT2D eigenvalue weighted by Gasteiger charge is -2.28. The predicted molar refractivity (Wildman–Crippen MR) is 36.7 cm³/mol. The van der Waals surface area contributed by atoms with Crippen molar-refractivity contribution in [2.24, 2.45) is 0 Å². The molecule has 0 bridgehead atoms. The van der Waals surface area contributed by atoms with Crippen LogP contribution in [0.15, 0.2) is 0 Å². The molecule has 0 heterocycles. The second-order valence-electron chi connectivity index (χ2n) is 2.43. The number of nitrogens with one attached hydrogen (secondary N) is 1. The summed E-state index contributed by atoms with van der Waals surface area (Å²) in [5, 5.41) is 0. The molecule has 0 aliphatic rings. The summed E-state index contributed by atoms with van der Waals surface area (Å²) in [5.41, 5.74) is 0. The van der Waals surface area contributed by atoms with Crippen LogP contribution < -0.4 is 28.2 Å². The van der Waals surface area contributed by atoms with Gasteiger partial charge in [-0.05, 0) is 0 Å². The standard InChI is InChI=1S/C5HF7NO2S.5FH/c6-1(14)3(7,8)5(11,12)4(9,10)2(15)13-16;;;;;/h(H,13,15);5*1H/p-5. The van der Waals surface area contributed by atoms with Gasteiger partial charge in [-0.2, -0.15) is 30.7 Å². The van der Waals surface area contributed by atoms with E-state index in [0.717, 1.165) is 0 Å². The Morgan fingerprint density at radius 1 is 0.762 bits per heavy atom. The van der Waals surface area contributed by atoms with E-state index in [0.29, 0.717) is 4.72 Å². The molecular weight excluding hydrogens is 366 g/mol. The van der Waals surface area contributed by atoms with Crippen LogP contribution in [0.4, 0.5) is 30.7 Å². The lowest BCUT2D eigenvalue weighted by Crippen LogP contribution is -3.00. The monoisotopic (exact) mass is 367 g/mol. The molecule has 0 unspecified atom stereocenters. The van der Waals surface area contributed by atoms with E-state index in [4.69, 9.17) is 0 Å². The highest BCUT2D eigenvalue weighted by Crippen LogP contribution is 2.46. The van der Waals surface area contributed by atoms with Gasteiger partial charge in [0.25, 0.3) is 0 Å². The molecular formula is C5HF12NO2S-5. The van der Waals surface area contributed by atoms with Crippen LogP contribution in [0.1, 0.15) is 0 Å². The van der Waals surface area contributed by atoms with Crippen molar-refractivity contribution in [2.75, 3.05) is 0 Å². The molecule has 3 nitrogen and oxygen atoms in total. The Morgan fingerprint density at radius 2 is 1.05 bits per heavy atom. The van der Waals surface area contributed by atoms with Gasteiger partial charge in [0, 0.05) is 12.8 Å². The number of hydrogen-bond acceptors (Lipinski definition) is 2. The van der Waals surface area contributed by atoms with E-state index in [1.807, 2.05) is 0 Å². The highest BCUT2D eigenvalue weighted by atomic mass is 32.1. The Balaban J connectivity index is -0.000000112. The number of rotatable bonds is 4. The molecule has 133 valence electrons. The fourth-order valence-corrected chi connectivity index (χ4v) is 0.655. The highest BCUT2D eigenvalue weighted by Gasteiger charge is 2.78. The fourth-order valence-electron chi connectivity index (χ4n) is 0.527. The first-order valence-electron chi connectivity index (χ1n) is 3.19. The second-order valence-corrected chi connectivity index (χ2v) is 2.63. The molecule has 16 heteroatoms. The van der Waals surface area contributed by atoms with Crippen LogP contribution in [0.25, 0.3) is 0 Å². The lowest BCUT2D eigenvalue weighted by atomic mass is 10.0. The molecule has 0 saturated heterocycles. The summed E-state index contributed by atoms with van der Waals surface area (Å²) < 4.78 is 86.0. The van der Waals surface area contributed by atoms with Gasteiger partial charge in [-0.15, -0.1) is 0 Å². The van der Waals surface area contributed by atoms with E-state index in [1.54, 1.807) is 0 Å². The Hall–Kier alpha value is -1.35. The quantitative estimate of drug-likeness (QED) is 0.397. The molecule has 0 saturated carbocycles. The van der Waals surface area contributed by atoms with Gasteiger partial charge in [-0.3, -0.25) is 14.3 Å². The molecule has 0 fully saturated rings. The summed E-state index contributed by atoms with van der Waals surface area (Å²) in [6, 6.07) is -3.99. The fraction of sp³-hybridized carbons (Fsp3) is 0.600. The smallest absolute Gasteiger partial charge is 0.404 e. The Kier molecular flexibility index (Phi) is 18.1. The number of amides is 1. The van der Waals surface area contributed by atoms with Gasteiger partial charge < -0.3 is 23.5 Å². The van der Waals surface area contributed by atoms with E-state index < -0.39 is 29.7 Å². The normalized spacial score (nSPS) is 10.3. The summed E-state index contributed by atoms with van der Waals surface area (Å²) in [6.45, 7) is 0. The third-order valence-corrected chi connectivity index (χ3v) is 1.60. The summed E-state index contributed by atoms with van der Waals surface area (Å²) in [6.07, 6.45) is 0. The van der Waals surface area contributed by atoms with Gasteiger partial charge >= 0.3 is 29.7 Å². The van der Waals surface area contributed by atoms with Crippen molar-refractivity contribution in [3.8, 4) is 0 Å². The van der Waals surface area contributed by atoms with E-state index in [2.05, 4.69) is 12.8 Å². The number of carbonyl (C=O) groups excluding carboxylic acids is 2. The number of halogens is 12. The van der Waals surface area contributed by atoms with Crippen molar-refractivity contribution in [3.63, 3.8) is 0 Å². The van der Waals surface area contributed by atoms with Crippen LogP contribution in [0.2, 0.25) is 0 Å². The summed E-state index contributed by atoms with van der Waals surface area (Å²) in [5.74, 6) is -21.8. The third kappa shape index (κ3) is 5.50. The van der Waals surface area contributed by atoms with Crippen LogP contribution in [-0.4, -0.2) is 29.7 Å². The first-order valence-corrected chi connectivity index (χ1v) is 3.59. The molecule has 0 rings (SSSR count). The third-order valence-electron chi connectivity index (χ3n) is 1.41. The van der Waals surface area contributed by atoms with Crippen LogP contribution in [0.5, 0.6) is 0 Å². The van der Waals surface area contributed by atoms with Crippen LogP contribution in [-0.2, 0) is 9.59 Å². The molecule has 1 radical (unpaired) electrons. The molecule has 1 N–H and O–H groups in total. The topological polar surface area (TPSA) is 46.2 Å². The zero-order chi connectivity index (χ0) is 13.4. The van der Waals surface area contributed by atoms with E-state index in [-0.39, 0.29) is 23.5 Å². The molecule has 1 amide bonds. The summed E-state index contributed by atoms with van der Waals surface area (Å²) >= 11 is 3.44. The molecule has 0 aromatic carbocycles. The average molecular weight is 367 g/mol. The molecule has 0 aliphatic heterocycles. The first-order chi connectivity index (χ1) is 6.92. The average Bonchev–Trinajstić information content (AvgIpc) is 2.15. The van der Waals surface area contributed by atoms with Gasteiger partial charge in [-0.1, -0.05) is 0 Å². The minimum Gasteiger partial charge on any atom is -1.00 e. The number of carbonyl (C=O) groups is 2. The second kappa shape index (κ2) is 10.4. The molecule has 0 aliphatic carbocycles. The van der Waals surface area contributed by atoms with Crippen molar-refractivity contribution >= 4 is 24.8 Å². The molecule has 21 heavy (non-hydrogen) atoms. The Morgan fingerprint density at radius 3 is 1.24 bits per heavy atom. The van der Waals surface area contributed by atoms with Crippen molar-refractivity contribution in [3.05, 3.63) is 0 Å². The minimum absolute atomic E-state index is 0. The summed E-state index contributed by atoms with van der Waals surface area (Å²) in [4.78, 5) is 19.6. The maximum Gasteiger partial charge on any atom is 0.404 e. The molecule has 0 spiro atoms. The zero-order valence-electron chi connectivity index (χ0n) is 8.76. The Labute approximate surface area is 112 Å². The van der Waals surface area contributed by atoms with Crippen molar-refractivity contribution in [2.45, 2.75) is 17.8 Å². The van der Waals surface area contributed by atoms with Crippen molar-refractivity contribution < 1.29 is 63.8 Å². The van der Waals surface area contributed by atoms with E-state index >= 15 is 0 Å². The van der Waals surface area contributed by atoms with Crippen LogP contribution in [0.3, 0.4) is 0 Å². The van der Waals surface area contributed by atoms with Crippen molar-refractivity contribution in [1.29, 1.82) is 0 Å². The summed E-state index contributed by atoms with van der Waals surface area (Å²) in [7, 11) is 0. The molecule has 0 aromatic heterocycles. The maximum absolute atomic E-state index is 12.4. The SMILES string of the molecule is O=C(F)C(F)(F)C(F)(F)C(F)(F)C(=O)N[S].[F-].[F-].[F-].[F-].[F-]. The number of alkyl halides is 6. The first kappa shape index (κ1) is 36.7. The van der Waals surface area contributed by atoms with Gasteiger partial charge in [0.15, 0.2) is 0 Å². The maximum atomic E-state index is 12.4. The van der Waals surface area contributed by atoms with E-state index in [9.17, 15) is 40.3 Å². The predicted octanol–water partition coefficient (Wildman–Crippen LogP) is -13.4. The van der Waals surface area contributed by atoms with Gasteiger partial charge in [0.05, 0.1) is 0 Å². The molecule has 0 aromatic rings. The van der Waals surface area contributed by atoms with Gasteiger partial charge in [0.2, 0.25) is 0 Å².